The molecule has 0 saturated carbocycles. The summed E-state index contributed by atoms with van der Waals surface area (Å²) in [7, 11) is 0. The molecule has 4 heteroatoms. The van der Waals surface area contributed by atoms with E-state index in [0.717, 1.165) is 36.8 Å². The number of ether oxygens (including phenoxy) is 1. The van der Waals surface area contributed by atoms with Crippen LogP contribution in [0.3, 0.4) is 0 Å². The fourth-order valence-corrected chi connectivity index (χ4v) is 2.68. The second-order valence-corrected chi connectivity index (χ2v) is 6.27. The van der Waals surface area contributed by atoms with Gasteiger partial charge in [0.1, 0.15) is 0 Å². The molecule has 0 amide bonds. The number of hydrogen-bond acceptors (Lipinski definition) is 1. The van der Waals surface area contributed by atoms with Crippen molar-refractivity contribution in [3.8, 4) is 0 Å². The Morgan fingerprint density at radius 1 is 0.800 bits per heavy atom. The lowest BCUT2D eigenvalue weighted by atomic mass is 10.0. The average molecular weight is 350 g/mol. The Hall–Kier alpha value is -1.81. The van der Waals surface area contributed by atoms with Crippen molar-refractivity contribution in [3.05, 3.63) is 70.8 Å². The summed E-state index contributed by atoms with van der Waals surface area (Å²) in [6.45, 7) is 3.78. The molecule has 0 heterocycles. The molecule has 0 aliphatic heterocycles. The van der Waals surface area contributed by atoms with E-state index in [-0.39, 0.29) is 12.2 Å². The van der Waals surface area contributed by atoms with Gasteiger partial charge >= 0.3 is 6.11 Å². The second-order valence-electron chi connectivity index (χ2n) is 6.27. The summed E-state index contributed by atoms with van der Waals surface area (Å²) in [6.07, 6.45) is -2.59. The molecule has 2 aromatic rings. The molecule has 0 radical (unpaired) electrons. The van der Waals surface area contributed by atoms with Gasteiger partial charge in [-0.15, -0.1) is 0 Å². The van der Waals surface area contributed by atoms with Crippen molar-refractivity contribution in [2.24, 2.45) is 0 Å². The van der Waals surface area contributed by atoms with Crippen LogP contribution in [-0.4, -0.2) is 6.11 Å². The molecule has 1 nitrogen and oxygen atoms in total. The van der Waals surface area contributed by atoms with E-state index in [1.165, 1.54) is 12.1 Å². The normalized spacial score (nSPS) is 13.0. The van der Waals surface area contributed by atoms with Gasteiger partial charge in [0.2, 0.25) is 6.17 Å². The van der Waals surface area contributed by atoms with E-state index in [9.17, 15) is 13.2 Å². The zero-order valence-electron chi connectivity index (χ0n) is 14.8. The first kappa shape index (κ1) is 19.5. The van der Waals surface area contributed by atoms with Gasteiger partial charge in [-0.3, -0.25) is 0 Å². The minimum Gasteiger partial charge on any atom is -0.313 e. The molecule has 0 aliphatic carbocycles. The van der Waals surface area contributed by atoms with Crippen LogP contribution in [0.15, 0.2) is 48.5 Å². The van der Waals surface area contributed by atoms with E-state index in [2.05, 4.69) is 11.7 Å². The Labute approximate surface area is 147 Å². The van der Waals surface area contributed by atoms with Crippen LogP contribution >= 0.6 is 0 Å². The summed E-state index contributed by atoms with van der Waals surface area (Å²) in [5, 5.41) is 0. The first-order valence-corrected chi connectivity index (χ1v) is 8.78. The Kier molecular flexibility index (Phi) is 7.06. The monoisotopic (exact) mass is 350 g/mol. The minimum absolute atomic E-state index is 0.0665. The van der Waals surface area contributed by atoms with Crippen molar-refractivity contribution < 1.29 is 17.9 Å². The maximum absolute atomic E-state index is 14.2. The minimum atomic E-state index is -3.87. The fraction of sp³-hybridized carbons (Fsp3) is 0.429. The maximum atomic E-state index is 14.2. The van der Waals surface area contributed by atoms with E-state index < -0.39 is 12.3 Å². The maximum Gasteiger partial charge on any atom is 0.391 e. The number of aryl methyl sites for hydroxylation is 2. The Bertz CT molecular complexity index is 635. The quantitative estimate of drug-likeness (QED) is 0.507. The molecule has 2 rings (SSSR count). The molecular weight excluding hydrogens is 325 g/mol. The van der Waals surface area contributed by atoms with Crippen LogP contribution in [0.4, 0.5) is 13.2 Å². The Morgan fingerprint density at radius 3 is 1.72 bits per heavy atom. The topological polar surface area (TPSA) is 9.23 Å². The van der Waals surface area contributed by atoms with E-state index in [1.54, 1.807) is 24.3 Å². The summed E-state index contributed by atoms with van der Waals surface area (Å²) >= 11 is 0. The highest BCUT2D eigenvalue weighted by Crippen LogP contribution is 2.36. The molecule has 0 spiro atoms. The van der Waals surface area contributed by atoms with Gasteiger partial charge in [-0.25, -0.2) is 4.39 Å². The summed E-state index contributed by atoms with van der Waals surface area (Å²) < 4.78 is 46.9. The fourth-order valence-electron chi connectivity index (χ4n) is 2.68. The van der Waals surface area contributed by atoms with Gasteiger partial charge in [-0.2, -0.15) is 8.78 Å². The zero-order chi connectivity index (χ0) is 18.3. The summed E-state index contributed by atoms with van der Waals surface area (Å²) in [6, 6.07) is 13.5. The van der Waals surface area contributed by atoms with Gasteiger partial charge in [0.05, 0.1) is 6.61 Å². The van der Waals surface area contributed by atoms with Gasteiger partial charge in [0.15, 0.2) is 0 Å². The van der Waals surface area contributed by atoms with Crippen molar-refractivity contribution in [2.45, 2.75) is 58.4 Å². The third kappa shape index (κ3) is 5.60. The molecule has 0 saturated heterocycles. The smallest absolute Gasteiger partial charge is 0.313 e. The third-order valence-electron chi connectivity index (χ3n) is 4.10. The lowest BCUT2D eigenvalue weighted by Gasteiger charge is -2.21. The Balaban J connectivity index is 1.97. The SMILES string of the molecule is CCCc1ccc(COC(F)(F)C(F)c2ccc(CCC)cc2)cc1. The van der Waals surface area contributed by atoms with Crippen LogP contribution in [-0.2, 0) is 24.2 Å². The van der Waals surface area contributed by atoms with Crippen molar-refractivity contribution in [1.82, 2.24) is 0 Å². The highest BCUT2D eigenvalue weighted by atomic mass is 19.3. The molecule has 1 unspecified atom stereocenters. The largest absolute Gasteiger partial charge is 0.391 e. The molecule has 136 valence electrons. The predicted octanol–water partition coefficient (Wildman–Crippen LogP) is 6.41. The van der Waals surface area contributed by atoms with Gasteiger partial charge in [0.25, 0.3) is 0 Å². The molecule has 0 fully saturated rings. The Morgan fingerprint density at radius 2 is 1.24 bits per heavy atom. The van der Waals surface area contributed by atoms with Crippen LogP contribution in [0.1, 0.15) is 55.1 Å². The number of benzene rings is 2. The van der Waals surface area contributed by atoms with E-state index in [4.69, 9.17) is 0 Å². The van der Waals surface area contributed by atoms with Crippen molar-refractivity contribution in [3.63, 3.8) is 0 Å². The first-order valence-electron chi connectivity index (χ1n) is 8.78. The van der Waals surface area contributed by atoms with Gasteiger partial charge in [-0.1, -0.05) is 75.2 Å². The van der Waals surface area contributed by atoms with Crippen LogP contribution in [0.5, 0.6) is 0 Å². The second kappa shape index (κ2) is 9.04. The lowest BCUT2D eigenvalue weighted by molar-refractivity contribution is -0.282. The average Bonchev–Trinajstić information content (AvgIpc) is 2.62. The van der Waals surface area contributed by atoms with E-state index >= 15 is 0 Å². The molecule has 25 heavy (non-hydrogen) atoms. The highest BCUT2D eigenvalue weighted by Gasteiger charge is 2.42. The van der Waals surface area contributed by atoms with Crippen LogP contribution in [0.2, 0.25) is 0 Å². The van der Waals surface area contributed by atoms with Gasteiger partial charge < -0.3 is 4.74 Å². The lowest BCUT2D eigenvalue weighted by Crippen LogP contribution is -2.27. The van der Waals surface area contributed by atoms with Crippen molar-refractivity contribution in [2.75, 3.05) is 0 Å². The van der Waals surface area contributed by atoms with Crippen molar-refractivity contribution >= 4 is 0 Å². The van der Waals surface area contributed by atoms with Gasteiger partial charge in [-0.05, 0) is 35.1 Å². The number of halogens is 3. The molecule has 0 N–H and O–H groups in total. The standard InChI is InChI=1S/C21H25F3O/c1-3-5-16-7-9-18(10-8-16)15-25-21(23,24)20(22)19-13-11-17(6-4-2)12-14-19/h7-14,20H,3-6,15H2,1-2H3. The molecule has 2 aromatic carbocycles. The highest BCUT2D eigenvalue weighted by molar-refractivity contribution is 5.25. The third-order valence-corrected chi connectivity index (χ3v) is 4.10. The van der Waals surface area contributed by atoms with Crippen molar-refractivity contribution in [1.29, 1.82) is 0 Å². The number of rotatable bonds is 9. The molecule has 0 aromatic heterocycles. The summed E-state index contributed by atoms with van der Waals surface area (Å²) in [5.41, 5.74) is 2.69. The number of alkyl halides is 3. The predicted molar refractivity (Wildman–Crippen MR) is 94.5 cm³/mol. The summed E-state index contributed by atoms with van der Waals surface area (Å²) in [4.78, 5) is 0. The van der Waals surface area contributed by atoms with Crippen LogP contribution in [0, 0.1) is 0 Å². The zero-order valence-corrected chi connectivity index (χ0v) is 14.8. The molecule has 0 bridgehead atoms. The molecule has 0 aliphatic rings. The van der Waals surface area contributed by atoms with E-state index in [0.29, 0.717) is 5.56 Å². The first-order chi connectivity index (χ1) is 12.0. The molecular formula is C21H25F3O. The van der Waals surface area contributed by atoms with Crippen LogP contribution in [0.25, 0.3) is 0 Å². The number of hydrogen-bond donors (Lipinski definition) is 0. The molecule has 1 atom stereocenters. The van der Waals surface area contributed by atoms with E-state index in [1.807, 2.05) is 19.1 Å². The summed E-state index contributed by atoms with van der Waals surface area (Å²) in [5.74, 6) is 0. The van der Waals surface area contributed by atoms with Crippen LogP contribution < -0.4 is 0 Å². The van der Waals surface area contributed by atoms with Gasteiger partial charge in [0, 0.05) is 0 Å².